The van der Waals surface area contributed by atoms with Gasteiger partial charge in [-0.15, -0.1) is 0 Å². The van der Waals surface area contributed by atoms with Gasteiger partial charge in [0, 0.05) is 5.70 Å². The summed E-state index contributed by atoms with van der Waals surface area (Å²) in [5, 5.41) is 9.66. The van der Waals surface area contributed by atoms with Crippen LogP contribution in [0.3, 0.4) is 0 Å². The van der Waals surface area contributed by atoms with E-state index in [4.69, 9.17) is 0 Å². The van der Waals surface area contributed by atoms with E-state index in [9.17, 15) is 9.90 Å². The molecule has 3 rings (SSSR count). The van der Waals surface area contributed by atoms with Crippen LogP contribution in [0.2, 0.25) is 0 Å². The van der Waals surface area contributed by atoms with Gasteiger partial charge < -0.3 is 10.0 Å². The van der Waals surface area contributed by atoms with Crippen molar-refractivity contribution in [1.82, 2.24) is 4.90 Å². The van der Waals surface area contributed by atoms with E-state index in [1.165, 1.54) is 11.1 Å². The predicted molar refractivity (Wildman–Crippen MR) is 69.2 cm³/mol. The van der Waals surface area contributed by atoms with Crippen LogP contribution in [-0.2, 0) is 4.79 Å². The number of aliphatic hydroxyl groups excluding tert-OH is 1. The van der Waals surface area contributed by atoms with Gasteiger partial charge in [-0.1, -0.05) is 0 Å². The standard InChI is InChI=1S/C14H18N2O2/c1-7-4-11(15-6-7)10-5-12-13(9(3)17)14(18)16(12)8(10)2/h4,9,12-13,17H,5-6H2,1-3H3/t9-,12-,13-/m1/s1. The van der Waals surface area contributed by atoms with E-state index in [0.717, 1.165) is 24.4 Å². The molecule has 0 aliphatic carbocycles. The van der Waals surface area contributed by atoms with E-state index in [0.29, 0.717) is 0 Å². The molecule has 1 saturated heterocycles. The monoisotopic (exact) mass is 246 g/mol. The molecule has 4 heteroatoms. The normalized spacial score (nSPS) is 32.2. The third kappa shape index (κ3) is 1.42. The van der Waals surface area contributed by atoms with Crippen LogP contribution >= 0.6 is 0 Å². The summed E-state index contributed by atoms with van der Waals surface area (Å²) in [6, 6.07) is 0.143. The van der Waals surface area contributed by atoms with Gasteiger partial charge >= 0.3 is 0 Å². The number of hydrogen-bond acceptors (Lipinski definition) is 3. The summed E-state index contributed by atoms with van der Waals surface area (Å²) in [5.41, 5.74) is 4.48. The second kappa shape index (κ2) is 3.79. The highest BCUT2D eigenvalue weighted by Crippen LogP contribution is 2.44. The van der Waals surface area contributed by atoms with Crippen LogP contribution in [0.5, 0.6) is 0 Å². The lowest BCUT2D eigenvalue weighted by atomic mass is 9.82. The molecule has 1 N–H and O–H groups in total. The number of carbonyl (C=O) groups is 1. The molecule has 3 aliphatic heterocycles. The van der Waals surface area contributed by atoms with Gasteiger partial charge in [-0.05, 0) is 44.4 Å². The van der Waals surface area contributed by atoms with Gasteiger partial charge in [-0.25, -0.2) is 0 Å². The molecule has 96 valence electrons. The number of carbonyl (C=O) groups excluding carboxylic acids is 1. The van der Waals surface area contributed by atoms with Crippen LogP contribution in [0.15, 0.2) is 27.9 Å². The molecular weight excluding hydrogens is 228 g/mol. The average molecular weight is 246 g/mol. The Balaban J connectivity index is 1.88. The molecule has 3 aliphatic rings. The average Bonchev–Trinajstić information content (AvgIpc) is 2.79. The van der Waals surface area contributed by atoms with Gasteiger partial charge in [0.15, 0.2) is 0 Å². The number of β-lactam (4-membered cyclic amide) rings is 1. The molecule has 1 fully saturated rings. The maximum absolute atomic E-state index is 12.0. The van der Waals surface area contributed by atoms with E-state index in [2.05, 4.69) is 18.0 Å². The molecule has 1 amide bonds. The van der Waals surface area contributed by atoms with Gasteiger partial charge in [0.05, 0.1) is 30.3 Å². The Kier molecular flexibility index (Phi) is 2.45. The number of aliphatic hydroxyl groups is 1. The van der Waals surface area contributed by atoms with Crippen LogP contribution in [0, 0.1) is 5.92 Å². The number of nitrogens with zero attached hydrogens (tertiary/aromatic N) is 2. The number of fused-ring (bicyclic) bond motifs is 1. The Morgan fingerprint density at radius 3 is 2.78 bits per heavy atom. The minimum atomic E-state index is -0.561. The van der Waals surface area contributed by atoms with Crippen LogP contribution in [0.25, 0.3) is 0 Å². The molecule has 0 bridgehead atoms. The van der Waals surface area contributed by atoms with Gasteiger partial charge in [0.1, 0.15) is 0 Å². The van der Waals surface area contributed by atoms with E-state index in [-0.39, 0.29) is 17.9 Å². The van der Waals surface area contributed by atoms with Crippen molar-refractivity contribution in [2.75, 3.05) is 6.54 Å². The Labute approximate surface area is 107 Å². The van der Waals surface area contributed by atoms with Crippen molar-refractivity contribution in [2.24, 2.45) is 10.9 Å². The van der Waals surface area contributed by atoms with E-state index >= 15 is 0 Å². The zero-order valence-corrected chi connectivity index (χ0v) is 11.0. The van der Waals surface area contributed by atoms with Crippen molar-refractivity contribution < 1.29 is 9.90 Å². The van der Waals surface area contributed by atoms with Crippen LogP contribution < -0.4 is 0 Å². The van der Waals surface area contributed by atoms with E-state index in [1.807, 2.05) is 11.8 Å². The fourth-order valence-electron chi connectivity index (χ4n) is 3.24. The Morgan fingerprint density at radius 2 is 2.22 bits per heavy atom. The van der Waals surface area contributed by atoms with Gasteiger partial charge in [-0.3, -0.25) is 9.79 Å². The Hall–Kier alpha value is -1.42. The molecule has 0 unspecified atom stereocenters. The second-order valence-electron chi connectivity index (χ2n) is 5.50. The minimum absolute atomic E-state index is 0.0572. The summed E-state index contributed by atoms with van der Waals surface area (Å²) in [6.45, 7) is 6.52. The summed E-state index contributed by atoms with van der Waals surface area (Å²) in [7, 11) is 0. The lowest BCUT2D eigenvalue weighted by molar-refractivity contribution is -0.157. The largest absolute Gasteiger partial charge is 0.393 e. The highest BCUT2D eigenvalue weighted by atomic mass is 16.3. The Morgan fingerprint density at radius 1 is 1.50 bits per heavy atom. The molecule has 3 atom stereocenters. The summed E-state index contributed by atoms with van der Waals surface area (Å²) >= 11 is 0. The van der Waals surface area contributed by atoms with E-state index in [1.54, 1.807) is 6.92 Å². The first kappa shape index (κ1) is 11.7. The molecule has 4 nitrogen and oxygen atoms in total. The fraction of sp³-hybridized carbons (Fsp3) is 0.571. The van der Waals surface area contributed by atoms with Crippen LogP contribution in [0.1, 0.15) is 27.2 Å². The summed E-state index contributed by atoms with van der Waals surface area (Å²) in [6.07, 6.45) is 2.37. The van der Waals surface area contributed by atoms with Crippen molar-refractivity contribution in [1.29, 1.82) is 0 Å². The van der Waals surface area contributed by atoms with Gasteiger partial charge in [-0.2, -0.15) is 0 Å². The van der Waals surface area contributed by atoms with Crippen molar-refractivity contribution in [3.63, 3.8) is 0 Å². The predicted octanol–water partition coefficient (Wildman–Crippen LogP) is 1.27. The summed E-state index contributed by atoms with van der Waals surface area (Å²) in [4.78, 5) is 18.3. The number of amides is 1. The number of rotatable bonds is 2. The smallest absolute Gasteiger partial charge is 0.234 e. The lowest BCUT2D eigenvalue weighted by Gasteiger charge is -2.45. The molecule has 0 aromatic rings. The molecular formula is C14H18N2O2. The molecule has 0 radical (unpaired) electrons. The molecule has 18 heavy (non-hydrogen) atoms. The van der Waals surface area contributed by atoms with Crippen molar-refractivity contribution in [2.45, 2.75) is 39.3 Å². The number of aliphatic imine (C=N–C) groups is 1. The molecule has 0 aromatic heterocycles. The summed E-state index contributed by atoms with van der Waals surface area (Å²) < 4.78 is 0. The van der Waals surface area contributed by atoms with Crippen molar-refractivity contribution in [3.05, 3.63) is 22.9 Å². The molecule has 0 aromatic carbocycles. The Bertz CT molecular complexity index is 514. The third-order valence-electron chi connectivity index (χ3n) is 4.19. The van der Waals surface area contributed by atoms with Gasteiger partial charge in [0.25, 0.3) is 0 Å². The number of allylic oxidation sites excluding steroid dienone is 2. The number of hydrogen-bond donors (Lipinski definition) is 1. The summed E-state index contributed by atoms with van der Waals surface area (Å²) in [5.74, 6) is -0.175. The highest BCUT2D eigenvalue weighted by Gasteiger charge is 2.54. The van der Waals surface area contributed by atoms with Crippen molar-refractivity contribution >= 4 is 11.6 Å². The first-order valence-corrected chi connectivity index (χ1v) is 6.43. The lowest BCUT2D eigenvalue weighted by Crippen LogP contribution is -2.60. The highest BCUT2D eigenvalue weighted by molar-refractivity contribution is 6.12. The van der Waals surface area contributed by atoms with Crippen LogP contribution in [0.4, 0.5) is 0 Å². The fourth-order valence-corrected chi connectivity index (χ4v) is 3.24. The third-order valence-corrected chi connectivity index (χ3v) is 4.19. The maximum atomic E-state index is 12.0. The van der Waals surface area contributed by atoms with Crippen LogP contribution in [-0.4, -0.2) is 40.3 Å². The topological polar surface area (TPSA) is 52.9 Å². The second-order valence-corrected chi connectivity index (χ2v) is 5.50. The van der Waals surface area contributed by atoms with Gasteiger partial charge in [0.2, 0.25) is 5.91 Å². The zero-order chi connectivity index (χ0) is 13.0. The van der Waals surface area contributed by atoms with Crippen molar-refractivity contribution in [3.8, 4) is 0 Å². The minimum Gasteiger partial charge on any atom is -0.393 e. The molecule has 3 heterocycles. The quantitative estimate of drug-likeness (QED) is 0.746. The first-order valence-electron chi connectivity index (χ1n) is 6.43. The SMILES string of the molecule is CC1=CC(C2=C(C)N3C(=O)[C@H]([C@@H](C)O)[C@H]3C2)=NC1. The molecule has 0 saturated carbocycles. The molecule has 0 spiro atoms. The van der Waals surface area contributed by atoms with E-state index < -0.39 is 6.10 Å². The maximum Gasteiger partial charge on any atom is 0.234 e. The zero-order valence-electron chi connectivity index (χ0n) is 11.0. The first-order chi connectivity index (χ1) is 8.50.